The number of carbonyl (C=O) groups is 1. The van der Waals surface area contributed by atoms with Gasteiger partial charge in [-0.05, 0) is 41.8 Å². The Kier molecular flexibility index (Phi) is 5.00. The molecule has 0 fully saturated rings. The van der Waals surface area contributed by atoms with Gasteiger partial charge in [-0.25, -0.2) is 4.79 Å². The molecule has 2 aromatic heterocycles. The molecule has 6 nitrogen and oxygen atoms in total. The molecule has 0 saturated heterocycles. The van der Waals surface area contributed by atoms with Gasteiger partial charge in [0.2, 0.25) is 0 Å². The monoisotopic (exact) mass is 451 g/mol. The van der Waals surface area contributed by atoms with Gasteiger partial charge in [0.1, 0.15) is 4.83 Å². The minimum Gasteiger partial charge on any atom is -0.333 e. The molecule has 1 N–H and O–H groups in total. The van der Waals surface area contributed by atoms with Crippen LogP contribution in [0.2, 0.25) is 5.02 Å². The Morgan fingerprint density at radius 2 is 1.81 bits per heavy atom. The van der Waals surface area contributed by atoms with Crippen LogP contribution < -0.4 is 11.2 Å². The van der Waals surface area contributed by atoms with E-state index < -0.39 is 5.69 Å². The molecule has 1 aliphatic heterocycles. The first-order valence-corrected chi connectivity index (χ1v) is 11.1. The first kappa shape index (κ1) is 19.8. The molecule has 0 atom stereocenters. The molecule has 0 unspecified atom stereocenters. The Morgan fingerprint density at radius 1 is 1.06 bits per heavy atom. The summed E-state index contributed by atoms with van der Waals surface area (Å²) in [4.78, 5) is 44.8. The summed E-state index contributed by atoms with van der Waals surface area (Å²) in [6, 6.07) is 16.3. The van der Waals surface area contributed by atoms with Crippen LogP contribution in [-0.4, -0.2) is 26.9 Å². The van der Waals surface area contributed by atoms with Crippen LogP contribution >= 0.6 is 22.9 Å². The van der Waals surface area contributed by atoms with Gasteiger partial charge < -0.3 is 4.90 Å². The lowest BCUT2D eigenvalue weighted by molar-refractivity contribution is 0.0737. The van der Waals surface area contributed by atoms with Gasteiger partial charge in [0.25, 0.3) is 11.5 Å². The summed E-state index contributed by atoms with van der Waals surface area (Å²) >= 11 is 7.30. The topological polar surface area (TPSA) is 75.2 Å². The number of nitrogens with one attached hydrogen (secondary N) is 1. The molecule has 156 valence electrons. The molecule has 2 aromatic carbocycles. The van der Waals surface area contributed by atoms with Crippen LogP contribution in [0.3, 0.4) is 0 Å². The summed E-state index contributed by atoms with van der Waals surface area (Å²) < 4.78 is 1.25. The van der Waals surface area contributed by atoms with E-state index in [0.29, 0.717) is 40.3 Å². The lowest BCUT2D eigenvalue weighted by atomic mass is 10.0. The summed E-state index contributed by atoms with van der Waals surface area (Å²) in [6.07, 6.45) is 0.571. The van der Waals surface area contributed by atoms with Gasteiger partial charge in [0, 0.05) is 22.0 Å². The maximum atomic E-state index is 13.2. The van der Waals surface area contributed by atoms with E-state index in [9.17, 15) is 14.4 Å². The Hall–Kier alpha value is -3.16. The van der Waals surface area contributed by atoms with E-state index in [1.54, 1.807) is 29.2 Å². The maximum absolute atomic E-state index is 13.2. The summed E-state index contributed by atoms with van der Waals surface area (Å²) in [5, 5.41) is 1.15. The van der Waals surface area contributed by atoms with E-state index >= 15 is 0 Å². The molecule has 0 aliphatic carbocycles. The zero-order valence-electron chi connectivity index (χ0n) is 16.4. The van der Waals surface area contributed by atoms with Crippen molar-refractivity contribution in [2.24, 2.45) is 0 Å². The van der Waals surface area contributed by atoms with Crippen molar-refractivity contribution in [3.63, 3.8) is 0 Å². The van der Waals surface area contributed by atoms with Crippen molar-refractivity contribution in [3.05, 3.63) is 102 Å². The number of fused-ring (bicyclic) bond motifs is 3. The third-order valence-corrected chi connectivity index (χ3v) is 6.93. The predicted octanol–water partition coefficient (Wildman–Crippen LogP) is 3.65. The van der Waals surface area contributed by atoms with Crippen LogP contribution in [0.1, 0.15) is 26.4 Å². The molecule has 1 aliphatic rings. The van der Waals surface area contributed by atoms with Gasteiger partial charge in [-0.2, -0.15) is 0 Å². The van der Waals surface area contributed by atoms with Crippen molar-refractivity contribution in [1.29, 1.82) is 0 Å². The zero-order valence-corrected chi connectivity index (χ0v) is 18.0. The standard InChI is InChI=1S/C23H18ClN3O3S/c24-16-8-6-15(7-9-16)21(28)26-11-10-17-18(13-26)31-20-19(17)22(29)27(23(30)25-20)12-14-4-2-1-3-5-14/h1-9H,10-13H2,(H,25,30). The highest BCUT2D eigenvalue weighted by molar-refractivity contribution is 7.18. The zero-order chi connectivity index (χ0) is 21.5. The second-order valence-electron chi connectivity index (χ2n) is 7.50. The Morgan fingerprint density at radius 3 is 2.55 bits per heavy atom. The largest absolute Gasteiger partial charge is 0.333 e. The van der Waals surface area contributed by atoms with Crippen LogP contribution in [0.25, 0.3) is 10.2 Å². The predicted molar refractivity (Wildman–Crippen MR) is 122 cm³/mol. The molecule has 0 spiro atoms. The number of halogens is 1. The number of H-pyrrole nitrogens is 1. The fourth-order valence-corrected chi connectivity index (χ4v) is 5.34. The van der Waals surface area contributed by atoms with Crippen molar-refractivity contribution in [1.82, 2.24) is 14.5 Å². The number of carbonyl (C=O) groups excluding carboxylic acids is 1. The number of aromatic amines is 1. The number of thiophene rings is 1. The van der Waals surface area contributed by atoms with Gasteiger partial charge in [-0.3, -0.25) is 19.1 Å². The lowest BCUT2D eigenvalue weighted by Crippen LogP contribution is -2.37. The first-order valence-electron chi connectivity index (χ1n) is 9.87. The van der Waals surface area contributed by atoms with E-state index in [1.165, 1.54) is 15.9 Å². The third-order valence-electron chi connectivity index (χ3n) is 5.54. The van der Waals surface area contributed by atoms with Crippen LogP contribution in [-0.2, 0) is 19.5 Å². The number of nitrogens with zero attached hydrogens (tertiary/aromatic N) is 2. The number of hydrogen-bond donors (Lipinski definition) is 1. The Balaban J connectivity index is 1.50. The van der Waals surface area contributed by atoms with E-state index in [1.807, 2.05) is 30.3 Å². The fraction of sp³-hybridized carbons (Fsp3) is 0.174. The third kappa shape index (κ3) is 3.60. The molecular weight excluding hydrogens is 434 g/mol. The highest BCUT2D eigenvalue weighted by Gasteiger charge is 2.27. The van der Waals surface area contributed by atoms with Crippen LogP contribution in [0.4, 0.5) is 0 Å². The quantitative estimate of drug-likeness (QED) is 0.516. The van der Waals surface area contributed by atoms with E-state index in [-0.39, 0.29) is 18.0 Å². The van der Waals surface area contributed by atoms with E-state index in [0.717, 1.165) is 16.0 Å². The van der Waals surface area contributed by atoms with Crippen molar-refractivity contribution < 1.29 is 4.79 Å². The van der Waals surface area contributed by atoms with Crippen LogP contribution in [0, 0.1) is 0 Å². The number of hydrogen-bond acceptors (Lipinski definition) is 4. The summed E-state index contributed by atoms with van der Waals surface area (Å²) in [6.45, 7) is 1.14. The van der Waals surface area contributed by atoms with Crippen molar-refractivity contribution in [2.45, 2.75) is 19.5 Å². The second kappa shape index (κ2) is 7.83. The molecule has 3 heterocycles. The number of aromatic nitrogens is 2. The van der Waals surface area contributed by atoms with Crippen molar-refractivity contribution in [2.75, 3.05) is 6.54 Å². The molecule has 5 rings (SSSR count). The molecule has 8 heteroatoms. The molecular formula is C23H18ClN3O3S. The van der Waals surface area contributed by atoms with Gasteiger partial charge in [-0.1, -0.05) is 41.9 Å². The highest BCUT2D eigenvalue weighted by atomic mass is 35.5. The minimum atomic E-state index is -0.422. The molecule has 31 heavy (non-hydrogen) atoms. The first-order chi connectivity index (χ1) is 15.0. The normalized spacial score (nSPS) is 13.4. The highest BCUT2D eigenvalue weighted by Crippen LogP contribution is 2.32. The Bertz CT molecular complexity index is 1400. The average Bonchev–Trinajstić information content (AvgIpc) is 3.14. The summed E-state index contributed by atoms with van der Waals surface area (Å²) in [7, 11) is 0. The molecule has 1 amide bonds. The smallest absolute Gasteiger partial charge is 0.329 e. The average molecular weight is 452 g/mol. The summed E-state index contributed by atoms with van der Waals surface area (Å²) in [5.74, 6) is -0.0743. The van der Waals surface area contributed by atoms with Crippen LogP contribution in [0.15, 0.2) is 64.2 Å². The van der Waals surface area contributed by atoms with E-state index in [2.05, 4.69) is 4.98 Å². The number of amides is 1. The van der Waals surface area contributed by atoms with Crippen molar-refractivity contribution in [3.8, 4) is 0 Å². The lowest BCUT2D eigenvalue weighted by Gasteiger charge is -2.27. The molecule has 0 saturated carbocycles. The van der Waals surface area contributed by atoms with Gasteiger partial charge in [0.05, 0.1) is 18.5 Å². The maximum Gasteiger partial charge on any atom is 0.329 e. The molecule has 4 aromatic rings. The van der Waals surface area contributed by atoms with E-state index in [4.69, 9.17) is 11.6 Å². The van der Waals surface area contributed by atoms with Gasteiger partial charge >= 0.3 is 5.69 Å². The van der Waals surface area contributed by atoms with Crippen molar-refractivity contribution >= 4 is 39.1 Å². The van der Waals surface area contributed by atoms with Gasteiger partial charge in [0.15, 0.2) is 0 Å². The SMILES string of the molecule is O=C(c1ccc(Cl)cc1)N1CCc2c(sc3[nH]c(=O)n(Cc4ccccc4)c(=O)c23)C1. The molecule has 0 radical (unpaired) electrons. The fourth-order valence-electron chi connectivity index (χ4n) is 3.97. The summed E-state index contributed by atoms with van der Waals surface area (Å²) in [5.41, 5.74) is 1.70. The number of rotatable bonds is 3. The number of benzene rings is 2. The minimum absolute atomic E-state index is 0.0743. The van der Waals surface area contributed by atoms with Crippen LogP contribution in [0.5, 0.6) is 0 Å². The van der Waals surface area contributed by atoms with Gasteiger partial charge in [-0.15, -0.1) is 11.3 Å². The molecule has 0 bridgehead atoms. The Labute approximate surface area is 186 Å². The second-order valence-corrected chi connectivity index (χ2v) is 9.04.